The van der Waals surface area contributed by atoms with Crippen LogP contribution >= 0.6 is 0 Å². The normalized spacial score (nSPS) is 10.7. The van der Waals surface area contributed by atoms with E-state index in [0.29, 0.717) is 13.0 Å². The molecule has 3 rings (SSSR count). The number of amides is 2. The quantitative estimate of drug-likeness (QED) is 0.731. The van der Waals surface area contributed by atoms with Crippen molar-refractivity contribution in [3.63, 3.8) is 0 Å². The Morgan fingerprint density at radius 2 is 2.04 bits per heavy atom. The molecule has 2 aromatic heterocycles. The summed E-state index contributed by atoms with van der Waals surface area (Å²) in [6.07, 6.45) is 4.13. The molecule has 2 amide bonds. The predicted octanol–water partition coefficient (Wildman–Crippen LogP) is 2.55. The number of carbonyl (C=O) groups is 2. The third-order valence-corrected chi connectivity index (χ3v) is 3.71. The summed E-state index contributed by atoms with van der Waals surface area (Å²) in [5, 5.41) is 6.60. The zero-order valence-electron chi connectivity index (χ0n) is 13.4. The molecule has 0 radical (unpaired) electrons. The molecule has 2 heterocycles. The van der Waals surface area contributed by atoms with Crippen LogP contribution in [0.4, 0.5) is 5.69 Å². The van der Waals surface area contributed by atoms with Crippen molar-refractivity contribution >= 4 is 28.4 Å². The van der Waals surface area contributed by atoms with Gasteiger partial charge < -0.3 is 19.6 Å². The summed E-state index contributed by atoms with van der Waals surface area (Å²) in [7, 11) is 0. The average molecular weight is 325 g/mol. The largest absolute Gasteiger partial charge is 0.469 e. The maximum Gasteiger partial charge on any atom is 0.239 e. The van der Waals surface area contributed by atoms with Crippen molar-refractivity contribution in [1.82, 2.24) is 9.88 Å². The van der Waals surface area contributed by atoms with Gasteiger partial charge in [-0.05, 0) is 30.3 Å². The van der Waals surface area contributed by atoms with E-state index in [1.807, 2.05) is 47.2 Å². The zero-order valence-corrected chi connectivity index (χ0v) is 13.4. The standard InChI is InChI=1S/C18H19N3O3/c1-13(22)20-16-5-2-6-17-15(16)8-10-21(17)12-18(23)19-9-7-14-4-3-11-24-14/h2-6,8,10-11H,7,9,12H2,1H3,(H,19,23)(H,20,22). The molecule has 0 saturated carbocycles. The lowest BCUT2D eigenvalue weighted by molar-refractivity contribution is -0.121. The van der Waals surface area contributed by atoms with Crippen molar-refractivity contribution in [2.45, 2.75) is 19.9 Å². The number of rotatable bonds is 6. The van der Waals surface area contributed by atoms with Crippen LogP contribution in [0.2, 0.25) is 0 Å². The van der Waals surface area contributed by atoms with Crippen molar-refractivity contribution in [2.24, 2.45) is 0 Å². The number of nitrogens with one attached hydrogen (secondary N) is 2. The molecule has 0 spiro atoms. The number of furan rings is 1. The highest BCUT2D eigenvalue weighted by Crippen LogP contribution is 2.24. The molecule has 6 nitrogen and oxygen atoms in total. The molecule has 0 atom stereocenters. The lowest BCUT2D eigenvalue weighted by Crippen LogP contribution is -2.29. The van der Waals surface area contributed by atoms with Gasteiger partial charge in [0, 0.05) is 31.5 Å². The van der Waals surface area contributed by atoms with Gasteiger partial charge in [0.1, 0.15) is 12.3 Å². The van der Waals surface area contributed by atoms with Gasteiger partial charge in [-0.2, -0.15) is 0 Å². The Morgan fingerprint density at radius 1 is 1.17 bits per heavy atom. The number of aromatic nitrogens is 1. The topological polar surface area (TPSA) is 76.3 Å². The van der Waals surface area contributed by atoms with E-state index in [2.05, 4.69) is 10.6 Å². The molecule has 2 N–H and O–H groups in total. The first-order valence-electron chi connectivity index (χ1n) is 7.78. The lowest BCUT2D eigenvalue weighted by atomic mass is 10.2. The van der Waals surface area contributed by atoms with Crippen LogP contribution in [0.15, 0.2) is 53.3 Å². The molecule has 0 saturated heterocycles. The number of fused-ring (bicyclic) bond motifs is 1. The van der Waals surface area contributed by atoms with Crippen LogP contribution in [0.5, 0.6) is 0 Å². The van der Waals surface area contributed by atoms with Crippen LogP contribution in [0.3, 0.4) is 0 Å². The zero-order chi connectivity index (χ0) is 16.9. The second-order valence-electron chi connectivity index (χ2n) is 5.54. The number of benzene rings is 1. The molecule has 24 heavy (non-hydrogen) atoms. The molecule has 0 bridgehead atoms. The van der Waals surface area contributed by atoms with Crippen LogP contribution in [-0.2, 0) is 22.6 Å². The van der Waals surface area contributed by atoms with Gasteiger partial charge in [-0.25, -0.2) is 0 Å². The SMILES string of the molecule is CC(=O)Nc1cccc2c1ccn2CC(=O)NCCc1ccco1. The van der Waals surface area contributed by atoms with Crippen LogP contribution in [-0.4, -0.2) is 22.9 Å². The van der Waals surface area contributed by atoms with Crippen molar-refractivity contribution in [2.75, 3.05) is 11.9 Å². The molecule has 1 aromatic carbocycles. The number of carbonyl (C=O) groups excluding carboxylic acids is 2. The minimum atomic E-state index is -0.120. The molecule has 6 heteroatoms. The van der Waals surface area contributed by atoms with E-state index in [1.165, 1.54) is 6.92 Å². The second-order valence-corrected chi connectivity index (χ2v) is 5.54. The molecule has 124 valence electrons. The highest BCUT2D eigenvalue weighted by Gasteiger charge is 2.09. The summed E-state index contributed by atoms with van der Waals surface area (Å²) in [5.41, 5.74) is 1.65. The summed E-state index contributed by atoms with van der Waals surface area (Å²) in [6, 6.07) is 11.2. The van der Waals surface area contributed by atoms with E-state index in [0.717, 1.165) is 22.4 Å². The molecule has 0 fully saturated rings. The van der Waals surface area contributed by atoms with Gasteiger partial charge >= 0.3 is 0 Å². The Balaban J connectivity index is 1.64. The molecule has 0 aliphatic rings. The Bertz CT molecular complexity index is 850. The fourth-order valence-electron chi connectivity index (χ4n) is 2.65. The first-order chi connectivity index (χ1) is 11.6. The fourth-order valence-corrected chi connectivity index (χ4v) is 2.65. The first kappa shape index (κ1) is 15.9. The highest BCUT2D eigenvalue weighted by atomic mass is 16.3. The first-order valence-corrected chi connectivity index (χ1v) is 7.78. The summed E-state index contributed by atoms with van der Waals surface area (Å²) < 4.78 is 7.10. The minimum absolute atomic E-state index is 0.0658. The van der Waals surface area contributed by atoms with Crippen LogP contribution < -0.4 is 10.6 Å². The number of hydrogen-bond donors (Lipinski definition) is 2. The van der Waals surface area contributed by atoms with E-state index < -0.39 is 0 Å². The van der Waals surface area contributed by atoms with Gasteiger partial charge in [0.25, 0.3) is 0 Å². The molecule has 0 unspecified atom stereocenters. The van der Waals surface area contributed by atoms with E-state index in [-0.39, 0.29) is 18.4 Å². The van der Waals surface area contributed by atoms with Crippen LogP contribution in [0, 0.1) is 0 Å². The third-order valence-electron chi connectivity index (χ3n) is 3.71. The van der Waals surface area contributed by atoms with E-state index >= 15 is 0 Å². The van der Waals surface area contributed by atoms with Crippen molar-refractivity contribution < 1.29 is 14.0 Å². The summed E-state index contributed by atoms with van der Waals surface area (Å²) in [6.45, 7) is 2.23. The van der Waals surface area contributed by atoms with Gasteiger partial charge in [-0.1, -0.05) is 6.07 Å². The lowest BCUT2D eigenvalue weighted by Gasteiger charge is -2.08. The molecule has 0 aliphatic carbocycles. The second kappa shape index (κ2) is 7.04. The summed E-state index contributed by atoms with van der Waals surface area (Å²) >= 11 is 0. The number of hydrogen-bond acceptors (Lipinski definition) is 3. The maximum absolute atomic E-state index is 12.1. The van der Waals surface area contributed by atoms with Crippen molar-refractivity contribution in [3.05, 3.63) is 54.6 Å². The third kappa shape index (κ3) is 3.65. The minimum Gasteiger partial charge on any atom is -0.469 e. The summed E-state index contributed by atoms with van der Waals surface area (Å²) in [4.78, 5) is 23.4. The van der Waals surface area contributed by atoms with Gasteiger partial charge in [-0.15, -0.1) is 0 Å². The van der Waals surface area contributed by atoms with E-state index in [9.17, 15) is 9.59 Å². The summed E-state index contributed by atoms with van der Waals surface area (Å²) in [5.74, 6) is 0.663. The number of nitrogens with zero attached hydrogens (tertiary/aromatic N) is 1. The monoisotopic (exact) mass is 325 g/mol. The van der Waals surface area contributed by atoms with Gasteiger partial charge in [-0.3, -0.25) is 9.59 Å². The molecular weight excluding hydrogens is 306 g/mol. The molecular formula is C18H19N3O3. The Morgan fingerprint density at radius 3 is 2.79 bits per heavy atom. The Kier molecular flexibility index (Phi) is 4.65. The maximum atomic E-state index is 12.1. The fraction of sp³-hybridized carbons (Fsp3) is 0.222. The average Bonchev–Trinajstić information content (AvgIpc) is 3.18. The smallest absolute Gasteiger partial charge is 0.239 e. The predicted molar refractivity (Wildman–Crippen MR) is 91.7 cm³/mol. The number of anilines is 1. The molecule has 0 aliphatic heterocycles. The Hall–Kier alpha value is -3.02. The molecule has 3 aromatic rings. The van der Waals surface area contributed by atoms with Gasteiger partial charge in [0.2, 0.25) is 11.8 Å². The highest BCUT2D eigenvalue weighted by molar-refractivity contribution is 6.01. The van der Waals surface area contributed by atoms with Crippen LogP contribution in [0.1, 0.15) is 12.7 Å². The van der Waals surface area contributed by atoms with Crippen molar-refractivity contribution in [3.8, 4) is 0 Å². The van der Waals surface area contributed by atoms with Crippen LogP contribution in [0.25, 0.3) is 10.9 Å². The Labute approximate surface area is 139 Å². The van der Waals surface area contributed by atoms with E-state index in [1.54, 1.807) is 6.26 Å². The van der Waals surface area contributed by atoms with E-state index in [4.69, 9.17) is 4.42 Å². The van der Waals surface area contributed by atoms with Gasteiger partial charge in [0.05, 0.1) is 17.5 Å². The van der Waals surface area contributed by atoms with Gasteiger partial charge in [0.15, 0.2) is 0 Å². The van der Waals surface area contributed by atoms with Crippen molar-refractivity contribution in [1.29, 1.82) is 0 Å².